The molecule has 0 aliphatic rings. The van der Waals surface area contributed by atoms with Gasteiger partial charge in [0.1, 0.15) is 0 Å². The molecule has 1 heterocycles. The summed E-state index contributed by atoms with van der Waals surface area (Å²) in [5.74, 6) is 0.356. The molecule has 0 aliphatic heterocycles. The summed E-state index contributed by atoms with van der Waals surface area (Å²) in [6.45, 7) is 3.45. The van der Waals surface area contributed by atoms with Gasteiger partial charge in [-0.2, -0.15) is 0 Å². The van der Waals surface area contributed by atoms with Crippen molar-refractivity contribution in [1.82, 2.24) is 20.5 Å². The van der Waals surface area contributed by atoms with Crippen LogP contribution >= 0.6 is 0 Å². The molecule has 0 fully saturated rings. The molecule has 0 saturated heterocycles. The highest BCUT2D eigenvalue weighted by atomic mass is 15.3. The van der Waals surface area contributed by atoms with E-state index < -0.39 is 0 Å². The summed E-state index contributed by atoms with van der Waals surface area (Å²) >= 11 is 0. The summed E-state index contributed by atoms with van der Waals surface area (Å²) < 4.78 is 0. The van der Waals surface area contributed by atoms with Crippen molar-refractivity contribution in [3.8, 4) is 0 Å². The molecule has 0 amide bonds. The van der Waals surface area contributed by atoms with E-state index in [1.807, 2.05) is 19.2 Å². The average molecular weight is 262 g/mol. The van der Waals surface area contributed by atoms with Crippen molar-refractivity contribution in [2.75, 3.05) is 13.6 Å². The maximum atomic E-state index is 7.81. The molecule has 6 heteroatoms. The van der Waals surface area contributed by atoms with Crippen LogP contribution in [0.5, 0.6) is 0 Å². The van der Waals surface area contributed by atoms with Gasteiger partial charge in [-0.05, 0) is 18.1 Å². The lowest BCUT2D eigenvalue weighted by Crippen LogP contribution is -2.46. The van der Waals surface area contributed by atoms with E-state index in [9.17, 15) is 0 Å². The van der Waals surface area contributed by atoms with Crippen molar-refractivity contribution in [2.45, 2.75) is 26.3 Å². The maximum absolute atomic E-state index is 7.81. The number of nitrogens with one attached hydrogen (secondary N) is 4. The molecule has 1 aromatic rings. The lowest BCUT2D eigenvalue weighted by molar-refractivity contribution is 0.470. The smallest absolute Gasteiger partial charge is 0.197 e. The van der Waals surface area contributed by atoms with Crippen LogP contribution in [0.15, 0.2) is 24.5 Å². The number of pyridine rings is 1. The van der Waals surface area contributed by atoms with E-state index in [0.29, 0.717) is 6.54 Å². The van der Waals surface area contributed by atoms with E-state index in [1.54, 1.807) is 17.3 Å². The van der Waals surface area contributed by atoms with E-state index in [1.165, 1.54) is 0 Å². The van der Waals surface area contributed by atoms with Gasteiger partial charge >= 0.3 is 0 Å². The number of guanidine groups is 2. The van der Waals surface area contributed by atoms with Gasteiger partial charge in [0.2, 0.25) is 0 Å². The fraction of sp³-hybridized carbons (Fsp3) is 0.462. The number of hydrogen-bond donors (Lipinski definition) is 4. The summed E-state index contributed by atoms with van der Waals surface area (Å²) in [5.41, 5.74) is 1.000. The van der Waals surface area contributed by atoms with E-state index in [4.69, 9.17) is 10.8 Å². The average Bonchev–Trinajstić information content (AvgIpc) is 2.43. The van der Waals surface area contributed by atoms with Crippen molar-refractivity contribution < 1.29 is 0 Å². The molecule has 0 atom stereocenters. The van der Waals surface area contributed by atoms with Gasteiger partial charge in [-0.3, -0.25) is 21.1 Å². The largest absolute Gasteiger partial charge is 0.352 e. The molecule has 1 aromatic heterocycles. The van der Waals surface area contributed by atoms with Crippen LogP contribution in [0.3, 0.4) is 0 Å². The number of hydrogen-bond acceptors (Lipinski definition) is 3. The molecule has 0 unspecified atom stereocenters. The van der Waals surface area contributed by atoms with Crippen molar-refractivity contribution in [3.05, 3.63) is 30.1 Å². The topological polar surface area (TPSA) is 87.9 Å². The molecule has 0 spiro atoms. The molecule has 0 aliphatic carbocycles. The summed E-state index contributed by atoms with van der Waals surface area (Å²) in [6, 6.07) is 3.79. The van der Waals surface area contributed by atoms with Gasteiger partial charge in [-0.15, -0.1) is 0 Å². The fourth-order valence-corrected chi connectivity index (χ4v) is 1.46. The number of aromatic nitrogens is 1. The Bertz CT molecular complexity index is 403. The van der Waals surface area contributed by atoms with E-state index >= 15 is 0 Å². The second-order valence-electron chi connectivity index (χ2n) is 4.34. The highest BCUT2D eigenvalue weighted by molar-refractivity contribution is 5.95. The Labute approximate surface area is 114 Å². The Balaban J connectivity index is 2.29. The lowest BCUT2D eigenvalue weighted by Gasteiger charge is -2.21. The van der Waals surface area contributed by atoms with Crippen molar-refractivity contribution in [2.24, 2.45) is 0 Å². The van der Waals surface area contributed by atoms with Crippen LogP contribution in [-0.2, 0) is 6.54 Å². The fourth-order valence-electron chi connectivity index (χ4n) is 1.46. The second-order valence-corrected chi connectivity index (χ2v) is 4.34. The highest BCUT2D eigenvalue weighted by Crippen LogP contribution is 1.94. The highest BCUT2D eigenvalue weighted by Gasteiger charge is 2.05. The third-order valence-corrected chi connectivity index (χ3v) is 2.66. The maximum Gasteiger partial charge on any atom is 0.197 e. The van der Waals surface area contributed by atoms with Crippen molar-refractivity contribution >= 4 is 11.9 Å². The quantitative estimate of drug-likeness (QED) is 0.476. The molecule has 0 saturated carbocycles. The molecule has 0 bridgehead atoms. The van der Waals surface area contributed by atoms with Crippen LogP contribution in [0, 0.1) is 10.8 Å². The molecule has 1 rings (SSSR count). The van der Waals surface area contributed by atoms with E-state index in [0.717, 1.165) is 24.9 Å². The minimum Gasteiger partial charge on any atom is -0.352 e. The molecule has 0 radical (unpaired) electrons. The zero-order valence-electron chi connectivity index (χ0n) is 11.5. The number of rotatable bonds is 5. The SMILES string of the molecule is CCCCN(C)C(=N)NC(=N)NCc1cccnc1. The van der Waals surface area contributed by atoms with Gasteiger partial charge in [0.15, 0.2) is 11.9 Å². The monoisotopic (exact) mass is 262 g/mol. The molecular formula is C13H22N6. The molecule has 104 valence electrons. The van der Waals surface area contributed by atoms with Gasteiger partial charge in [0, 0.05) is 32.5 Å². The van der Waals surface area contributed by atoms with Crippen molar-refractivity contribution in [1.29, 1.82) is 10.8 Å². The molecule has 4 N–H and O–H groups in total. The Hall–Kier alpha value is -2.11. The van der Waals surface area contributed by atoms with Gasteiger partial charge in [0.25, 0.3) is 0 Å². The Morgan fingerprint density at radius 3 is 2.84 bits per heavy atom. The summed E-state index contributed by atoms with van der Waals surface area (Å²) in [4.78, 5) is 5.80. The number of unbranched alkanes of at least 4 members (excludes halogenated alkanes) is 1. The van der Waals surface area contributed by atoms with Crippen LogP contribution in [0.4, 0.5) is 0 Å². The normalized spacial score (nSPS) is 9.79. The second kappa shape index (κ2) is 8.07. The zero-order valence-corrected chi connectivity index (χ0v) is 11.5. The predicted octanol–water partition coefficient (Wildman–Crippen LogP) is 1.36. The van der Waals surface area contributed by atoms with E-state index in [2.05, 4.69) is 22.5 Å². The number of nitrogens with zero attached hydrogens (tertiary/aromatic N) is 2. The van der Waals surface area contributed by atoms with Gasteiger partial charge in [-0.1, -0.05) is 19.4 Å². The first-order valence-corrected chi connectivity index (χ1v) is 6.41. The minimum atomic E-state index is 0.122. The standard InChI is InChI=1S/C13H22N6/c1-3-4-8-19(2)13(15)18-12(14)17-10-11-6-5-7-16-9-11/h5-7,9H,3-4,8,10H2,1-2H3,(H4,14,15,17,18). The first-order chi connectivity index (χ1) is 9.13. The van der Waals surface area contributed by atoms with Gasteiger partial charge in [0.05, 0.1) is 0 Å². The third-order valence-electron chi connectivity index (χ3n) is 2.66. The molecule has 19 heavy (non-hydrogen) atoms. The summed E-state index contributed by atoms with van der Waals surface area (Å²) in [6.07, 6.45) is 5.59. The molecule has 6 nitrogen and oxygen atoms in total. The zero-order chi connectivity index (χ0) is 14.1. The van der Waals surface area contributed by atoms with Gasteiger partial charge < -0.3 is 10.2 Å². The van der Waals surface area contributed by atoms with Crippen LogP contribution < -0.4 is 10.6 Å². The third kappa shape index (κ3) is 5.85. The Morgan fingerprint density at radius 1 is 1.42 bits per heavy atom. The predicted molar refractivity (Wildman–Crippen MR) is 77.2 cm³/mol. The summed E-state index contributed by atoms with van der Waals surface area (Å²) in [7, 11) is 1.85. The van der Waals surface area contributed by atoms with E-state index in [-0.39, 0.29) is 11.9 Å². The first-order valence-electron chi connectivity index (χ1n) is 6.41. The van der Waals surface area contributed by atoms with Crippen LogP contribution in [0.25, 0.3) is 0 Å². The Kier molecular flexibility index (Phi) is 6.35. The van der Waals surface area contributed by atoms with Crippen LogP contribution in [-0.4, -0.2) is 35.4 Å². The molecular weight excluding hydrogens is 240 g/mol. The molecule has 0 aromatic carbocycles. The minimum absolute atomic E-state index is 0.122. The van der Waals surface area contributed by atoms with Crippen molar-refractivity contribution in [3.63, 3.8) is 0 Å². The lowest BCUT2D eigenvalue weighted by atomic mass is 10.3. The van der Waals surface area contributed by atoms with Crippen LogP contribution in [0.2, 0.25) is 0 Å². The summed E-state index contributed by atoms with van der Waals surface area (Å²) in [5, 5.41) is 21.2. The van der Waals surface area contributed by atoms with Gasteiger partial charge in [-0.25, -0.2) is 0 Å². The van der Waals surface area contributed by atoms with Crippen LogP contribution in [0.1, 0.15) is 25.3 Å². The first kappa shape index (κ1) is 14.9. The Morgan fingerprint density at radius 2 is 2.21 bits per heavy atom.